The average Bonchev–Trinajstić information content (AvgIpc) is 3.30. The number of nitrogens with zero attached hydrogens (tertiary/aromatic N) is 1. The Morgan fingerprint density at radius 1 is 1.41 bits per heavy atom. The highest BCUT2D eigenvalue weighted by molar-refractivity contribution is 7.84. The normalized spacial score (nSPS) is 15.7. The molecule has 4 nitrogen and oxygen atoms in total. The van der Waals surface area contributed by atoms with Gasteiger partial charge in [0.2, 0.25) is 0 Å². The highest BCUT2D eigenvalue weighted by Crippen LogP contribution is 2.40. The molecule has 1 aliphatic rings. The van der Waals surface area contributed by atoms with Crippen LogP contribution in [0.2, 0.25) is 0 Å². The summed E-state index contributed by atoms with van der Waals surface area (Å²) in [7, 11) is -0.958. The number of nitrogens with one attached hydrogen (secondary N) is 1. The number of amides is 1. The zero-order chi connectivity index (χ0) is 15.7. The van der Waals surface area contributed by atoms with Crippen LogP contribution in [0.3, 0.4) is 0 Å². The summed E-state index contributed by atoms with van der Waals surface area (Å²) >= 11 is 0. The molecule has 1 fully saturated rings. The number of carbonyl (C=O) groups is 1. The average molecular weight is 320 g/mol. The number of halogens is 1. The van der Waals surface area contributed by atoms with Crippen molar-refractivity contribution in [1.29, 1.82) is 0 Å². The third-order valence-electron chi connectivity index (χ3n) is 3.71. The van der Waals surface area contributed by atoms with Gasteiger partial charge in [-0.1, -0.05) is 0 Å². The second-order valence-electron chi connectivity index (χ2n) is 5.56. The fourth-order valence-electron chi connectivity index (χ4n) is 2.40. The summed E-state index contributed by atoms with van der Waals surface area (Å²) < 4.78 is 24.6. The van der Waals surface area contributed by atoms with Gasteiger partial charge in [-0.2, -0.15) is 0 Å². The molecule has 6 heteroatoms. The van der Waals surface area contributed by atoms with E-state index in [-0.39, 0.29) is 5.91 Å². The van der Waals surface area contributed by atoms with Crippen LogP contribution in [0.4, 0.5) is 4.39 Å². The maximum absolute atomic E-state index is 13.5. The van der Waals surface area contributed by atoms with E-state index in [0.717, 1.165) is 18.5 Å². The predicted molar refractivity (Wildman–Crippen MR) is 84.9 cm³/mol. The van der Waals surface area contributed by atoms with Gasteiger partial charge in [0, 0.05) is 46.4 Å². The first kappa shape index (κ1) is 15.1. The Labute approximate surface area is 130 Å². The largest absolute Gasteiger partial charge is 0.351 e. The van der Waals surface area contributed by atoms with Gasteiger partial charge in [0.25, 0.3) is 5.91 Å². The highest BCUT2D eigenvalue weighted by Gasteiger charge is 2.27. The van der Waals surface area contributed by atoms with Gasteiger partial charge in [-0.25, -0.2) is 4.39 Å². The molecular weight excluding hydrogens is 303 g/mol. The van der Waals surface area contributed by atoms with E-state index in [1.807, 2.05) is 0 Å². The zero-order valence-electron chi connectivity index (χ0n) is 12.3. The van der Waals surface area contributed by atoms with Gasteiger partial charge in [-0.3, -0.25) is 14.0 Å². The van der Waals surface area contributed by atoms with Crippen molar-refractivity contribution in [2.45, 2.75) is 18.8 Å². The Kier molecular flexibility index (Phi) is 4.20. The van der Waals surface area contributed by atoms with Gasteiger partial charge >= 0.3 is 0 Å². The van der Waals surface area contributed by atoms with Gasteiger partial charge in [0.1, 0.15) is 5.82 Å². The fraction of sp³-hybridized carbons (Fsp3) is 0.375. The molecule has 1 N–H and O–H groups in total. The van der Waals surface area contributed by atoms with Crippen molar-refractivity contribution in [3.8, 4) is 0 Å². The predicted octanol–water partition coefficient (Wildman–Crippen LogP) is 2.36. The molecule has 0 bridgehead atoms. The number of hydrogen-bond donors (Lipinski definition) is 1. The summed E-state index contributed by atoms with van der Waals surface area (Å²) in [6, 6.07) is 6.06. The standard InChI is InChI=1S/C16H17FN2O2S/c1-22(21)7-6-18-16(20)13-9-15(10-2-3-10)19-14-5-4-11(17)8-12(13)14/h4-5,8-10H,2-3,6-7H2,1H3,(H,18,20). The van der Waals surface area contributed by atoms with E-state index in [9.17, 15) is 13.4 Å². The quantitative estimate of drug-likeness (QED) is 0.920. The number of aromatic nitrogens is 1. The molecule has 1 aromatic carbocycles. The van der Waals surface area contributed by atoms with Gasteiger partial charge in [0.05, 0.1) is 11.1 Å². The van der Waals surface area contributed by atoms with Gasteiger partial charge < -0.3 is 5.32 Å². The van der Waals surface area contributed by atoms with Crippen molar-refractivity contribution in [3.05, 3.63) is 41.3 Å². The molecule has 1 heterocycles. The van der Waals surface area contributed by atoms with Gasteiger partial charge in [0.15, 0.2) is 0 Å². The van der Waals surface area contributed by atoms with E-state index in [1.165, 1.54) is 12.1 Å². The molecule has 1 amide bonds. The Morgan fingerprint density at radius 2 is 2.18 bits per heavy atom. The molecule has 1 aromatic heterocycles. The molecule has 1 atom stereocenters. The van der Waals surface area contributed by atoms with Crippen molar-refractivity contribution in [2.24, 2.45) is 0 Å². The molecule has 0 saturated heterocycles. The van der Waals surface area contributed by atoms with E-state index in [0.29, 0.717) is 34.7 Å². The third kappa shape index (κ3) is 3.32. The van der Waals surface area contributed by atoms with E-state index in [2.05, 4.69) is 10.3 Å². The summed E-state index contributed by atoms with van der Waals surface area (Å²) in [5.41, 5.74) is 1.96. The van der Waals surface area contributed by atoms with Crippen LogP contribution in [0.25, 0.3) is 10.9 Å². The van der Waals surface area contributed by atoms with Crippen LogP contribution in [0.5, 0.6) is 0 Å². The Morgan fingerprint density at radius 3 is 2.86 bits per heavy atom. The lowest BCUT2D eigenvalue weighted by Crippen LogP contribution is -2.28. The molecule has 2 aromatic rings. The van der Waals surface area contributed by atoms with Crippen LogP contribution in [0, 0.1) is 5.82 Å². The first-order valence-electron chi connectivity index (χ1n) is 7.23. The van der Waals surface area contributed by atoms with Crippen molar-refractivity contribution in [2.75, 3.05) is 18.6 Å². The van der Waals surface area contributed by atoms with Crippen molar-refractivity contribution < 1.29 is 13.4 Å². The highest BCUT2D eigenvalue weighted by atomic mass is 32.2. The van der Waals surface area contributed by atoms with Crippen LogP contribution in [0.15, 0.2) is 24.3 Å². The van der Waals surface area contributed by atoms with E-state index < -0.39 is 16.6 Å². The maximum Gasteiger partial charge on any atom is 0.252 e. The Balaban J connectivity index is 1.96. The summed E-state index contributed by atoms with van der Waals surface area (Å²) in [6.07, 6.45) is 3.75. The van der Waals surface area contributed by atoms with E-state index in [1.54, 1.807) is 18.4 Å². The monoisotopic (exact) mass is 320 g/mol. The Bertz CT molecular complexity index is 759. The minimum atomic E-state index is -0.958. The van der Waals surface area contributed by atoms with Crippen molar-refractivity contribution >= 4 is 27.6 Å². The third-order valence-corrected chi connectivity index (χ3v) is 4.48. The summed E-state index contributed by atoms with van der Waals surface area (Å²) in [5.74, 6) is 0.144. The molecule has 1 saturated carbocycles. The first-order valence-corrected chi connectivity index (χ1v) is 8.96. The Hall–Kier alpha value is -1.82. The molecule has 22 heavy (non-hydrogen) atoms. The minimum Gasteiger partial charge on any atom is -0.351 e. The first-order chi connectivity index (χ1) is 10.5. The number of hydrogen-bond acceptors (Lipinski definition) is 3. The lowest BCUT2D eigenvalue weighted by molar-refractivity contribution is 0.0957. The summed E-state index contributed by atoms with van der Waals surface area (Å²) in [4.78, 5) is 16.9. The van der Waals surface area contributed by atoms with Crippen LogP contribution in [-0.2, 0) is 10.8 Å². The van der Waals surface area contributed by atoms with Gasteiger partial charge in [-0.15, -0.1) is 0 Å². The van der Waals surface area contributed by atoms with Crippen molar-refractivity contribution in [1.82, 2.24) is 10.3 Å². The zero-order valence-corrected chi connectivity index (χ0v) is 13.1. The maximum atomic E-state index is 13.5. The van der Waals surface area contributed by atoms with Crippen LogP contribution in [0.1, 0.15) is 34.8 Å². The number of benzene rings is 1. The second-order valence-corrected chi connectivity index (χ2v) is 7.12. The van der Waals surface area contributed by atoms with E-state index in [4.69, 9.17) is 0 Å². The van der Waals surface area contributed by atoms with Crippen LogP contribution in [-0.4, -0.2) is 33.7 Å². The van der Waals surface area contributed by atoms with Crippen LogP contribution >= 0.6 is 0 Å². The molecule has 0 aliphatic heterocycles. The van der Waals surface area contributed by atoms with Crippen molar-refractivity contribution in [3.63, 3.8) is 0 Å². The minimum absolute atomic E-state index is 0.273. The topological polar surface area (TPSA) is 59.1 Å². The lowest BCUT2D eigenvalue weighted by Gasteiger charge is -2.10. The van der Waals surface area contributed by atoms with Crippen LogP contribution < -0.4 is 5.32 Å². The molecule has 3 rings (SSSR count). The fourth-order valence-corrected chi connectivity index (χ4v) is 2.79. The number of carbonyl (C=O) groups excluding carboxylic acids is 1. The molecule has 116 valence electrons. The second kappa shape index (κ2) is 6.12. The molecule has 1 aliphatic carbocycles. The van der Waals surface area contributed by atoms with Gasteiger partial charge in [-0.05, 0) is 37.1 Å². The lowest BCUT2D eigenvalue weighted by atomic mass is 10.1. The number of rotatable bonds is 5. The molecular formula is C16H17FN2O2S. The molecule has 0 spiro atoms. The smallest absolute Gasteiger partial charge is 0.252 e. The molecule has 0 radical (unpaired) electrons. The molecule has 1 unspecified atom stereocenters. The van der Waals surface area contributed by atoms with E-state index >= 15 is 0 Å². The number of fused-ring (bicyclic) bond motifs is 1. The number of pyridine rings is 1. The SMILES string of the molecule is CS(=O)CCNC(=O)c1cc(C2CC2)nc2ccc(F)cc12. The summed E-state index contributed by atoms with van der Waals surface area (Å²) in [5, 5.41) is 3.26. The summed E-state index contributed by atoms with van der Waals surface area (Å²) in [6.45, 7) is 0.333.